The molecule has 0 bridgehead atoms. The molecule has 2 N–H and O–H groups in total. The fourth-order valence-electron chi connectivity index (χ4n) is 3.58. The quantitative estimate of drug-likeness (QED) is 0.303. The summed E-state index contributed by atoms with van der Waals surface area (Å²) < 4.78 is 29.9. The number of hydrogen-bond acceptors (Lipinski definition) is 4. The van der Waals surface area contributed by atoms with Crippen LogP contribution in [-0.4, -0.2) is 63.1 Å². The zero-order valence-corrected chi connectivity index (χ0v) is 21.1. The number of benzene rings is 2. The van der Waals surface area contributed by atoms with Crippen molar-refractivity contribution in [3.05, 3.63) is 59.7 Å². The summed E-state index contributed by atoms with van der Waals surface area (Å²) in [6.07, 6.45) is 0. The number of anilines is 1. The van der Waals surface area contributed by atoms with Crippen molar-refractivity contribution in [2.75, 3.05) is 44.7 Å². The van der Waals surface area contributed by atoms with Gasteiger partial charge in [-0.25, -0.2) is 0 Å². The normalized spacial score (nSPS) is 14.0. The lowest BCUT2D eigenvalue weighted by Gasteiger charge is -2.36. The Labute approximate surface area is 210 Å². The summed E-state index contributed by atoms with van der Waals surface area (Å²) >= 11 is 0. The zero-order chi connectivity index (χ0) is 22.9. The molecule has 1 fully saturated rings. The summed E-state index contributed by atoms with van der Waals surface area (Å²) in [6.45, 7) is 2.17. The number of amides is 1. The number of aryl methyl sites for hydroxylation is 1. The van der Waals surface area contributed by atoms with Gasteiger partial charge in [0.25, 0.3) is 0 Å². The van der Waals surface area contributed by atoms with Crippen LogP contribution in [0.5, 0.6) is 5.75 Å². The number of carbonyl (C=O) groups is 1. The fourth-order valence-corrected chi connectivity index (χ4v) is 3.58. The minimum absolute atomic E-state index is 0. The third kappa shape index (κ3) is 8.02. The molecule has 0 aromatic heterocycles. The van der Waals surface area contributed by atoms with E-state index >= 15 is 0 Å². The lowest BCUT2D eigenvalue weighted by atomic mass is 10.1. The van der Waals surface area contributed by atoms with E-state index in [0.29, 0.717) is 24.6 Å². The topological polar surface area (TPSA) is 69.2 Å². The van der Waals surface area contributed by atoms with Crippen LogP contribution in [0.3, 0.4) is 0 Å². The zero-order valence-electron chi connectivity index (χ0n) is 18.8. The molecule has 2 aromatic carbocycles. The van der Waals surface area contributed by atoms with Crippen molar-refractivity contribution in [1.82, 2.24) is 15.5 Å². The van der Waals surface area contributed by atoms with Crippen molar-refractivity contribution in [2.24, 2.45) is 4.99 Å². The Morgan fingerprint density at radius 3 is 2.42 bits per heavy atom. The third-order valence-electron chi connectivity index (χ3n) is 5.26. The predicted octanol–water partition coefficient (Wildman–Crippen LogP) is 3.23. The Kier molecular flexibility index (Phi) is 10.6. The summed E-state index contributed by atoms with van der Waals surface area (Å²) in [5.74, 6) is 0.504. The van der Waals surface area contributed by atoms with E-state index in [4.69, 9.17) is 0 Å². The van der Waals surface area contributed by atoms with Crippen LogP contribution in [0.1, 0.15) is 11.1 Å². The highest BCUT2D eigenvalue weighted by Gasteiger charge is 2.21. The Morgan fingerprint density at radius 2 is 1.79 bits per heavy atom. The van der Waals surface area contributed by atoms with E-state index in [2.05, 4.69) is 37.4 Å². The first kappa shape index (κ1) is 26.6. The van der Waals surface area contributed by atoms with Crippen molar-refractivity contribution in [2.45, 2.75) is 20.1 Å². The Bertz CT molecular complexity index is 922. The van der Waals surface area contributed by atoms with E-state index in [1.165, 1.54) is 6.07 Å². The molecule has 33 heavy (non-hydrogen) atoms. The molecule has 1 aliphatic rings. The minimum Gasteiger partial charge on any atom is -0.434 e. The molecule has 0 aliphatic carbocycles. The van der Waals surface area contributed by atoms with Gasteiger partial charge < -0.3 is 25.2 Å². The smallest absolute Gasteiger partial charge is 0.387 e. The minimum atomic E-state index is -2.89. The average molecular weight is 573 g/mol. The van der Waals surface area contributed by atoms with Crippen LogP contribution in [0.2, 0.25) is 0 Å². The maximum Gasteiger partial charge on any atom is 0.387 e. The second kappa shape index (κ2) is 13.2. The van der Waals surface area contributed by atoms with Gasteiger partial charge in [0.1, 0.15) is 5.75 Å². The number of piperazine rings is 1. The molecule has 0 unspecified atom stereocenters. The van der Waals surface area contributed by atoms with Crippen molar-refractivity contribution in [3.8, 4) is 5.75 Å². The molecule has 7 nitrogen and oxygen atoms in total. The summed E-state index contributed by atoms with van der Waals surface area (Å²) in [5, 5.41) is 6.05. The van der Waals surface area contributed by atoms with E-state index in [1.54, 1.807) is 19.2 Å². The summed E-state index contributed by atoms with van der Waals surface area (Å²) in [5.41, 5.74) is 2.67. The number of carbonyl (C=O) groups excluding carboxylic acids is 1. The number of guanidine groups is 1. The average Bonchev–Trinajstić information content (AvgIpc) is 2.81. The van der Waals surface area contributed by atoms with E-state index in [9.17, 15) is 13.6 Å². The van der Waals surface area contributed by atoms with E-state index < -0.39 is 6.61 Å². The molecule has 10 heteroatoms. The van der Waals surface area contributed by atoms with Crippen LogP contribution in [0.4, 0.5) is 14.5 Å². The maximum absolute atomic E-state index is 12.6. The second-order valence-corrected chi connectivity index (χ2v) is 7.47. The molecular formula is C23H30F2IN5O2. The van der Waals surface area contributed by atoms with Gasteiger partial charge >= 0.3 is 6.61 Å². The van der Waals surface area contributed by atoms with Gasteiger partial charge in [-0.1, -0.05) is 35.9 Å². The van der Waals surface area contributed by atoms with Gasteiger partial charge in [0.15, 0.2) is 5.96 Å². The van der Waals surface area contributed by atoms with Gasteiger partial charge in [-0.05, 0) is 25.1 Å². The van der Waals surface area contributed by atoms with E-state index in [0.717, 1.165) is 24.3 Å². The number of alkyl halides is 2. The Morgan fingerprint density at radius 1 is 1.09 bits per heavy atom. The number of hydrogen-bond donors (Lipinski definition) is 2. The molecule has 1 aliphatic heterocycles. The van der Waals surface area contributed by atoms with Crippen LogP contribution in [-0.2, 0) is 11.3 Å². The maximum atomic E-state index is 12.6. The molecule has 2 aromatic rings. The van der Waals surface area contributed by atoms with Crippen molar-refractivity contribution < 1.29 is 18.3 Å². The summed E-state index contributed by atoms with van der Waals surface area (Å²) in [7, 11) is 1.59. The predicted molar refractivity (Wildman–Crippen MR) is 137 cm³/mol. The number of nitrogens with zero attached hydrogens (tertiary/aromatic N) is 3. The SMILES string of the molecule is CN=C(NCC(=O)N1CCN(c2ccccc2)CC1)NCc1cc(C)ccc1OC(F)F.I. The molecule has 3 rings (SSSR count). The number of halogens is 3. The highest BCUT2D eigenvalue weighted by Crippen LogP contribution is 2.22. The van der Waals surface area contributed by atoms with Crippen LogP contribution in [0, 0.1) is 6.92 Å². The van der Waals surface area contributed by atoms with Crippen molar-refractivity contribution >= 4 is 41.5 Å². The first-order valence-electron chi connectivity index (χ1n) is 10.5. The molecule has 0 spiro atoms. The van der Waals surface area contributed by atoms with Gasteiger partial charge in [0.05, 0.1) is 6.54 Å². The lowest BCUT2D eigenvalue weighted by Crippen LogP contribution is -2.52. The first-order valence-corrected chi connectivity index (χ1v) is 10.5. The molecule has 0 atom stereocenters. The van der Waals surface area contributed by atoms with Gasteiger partial charge in [-0.2, -0.15) is 8.78 Å². The van der Waals surface area contributed by atoms with Gasteiger partial charge in [-0.3, -0.25) is 9.79 Å². The van der Waals surface area contributed by atoms with Crippen LogP contribution in [0.25, 0.3) is 0 Å². The second-order valence-electron chi connectivity index (χ2n) is 7.47. The van der Waals surface area contributed by atoms with Crippen molar-refractivity contribution in [3.63, 3.8) is 0 Å². The number of aliphatic imine (C=N–C) groups is 1. The van der Waals surface area contributed by atoms with E-state index in [-0.39, 0.29) is 48.7 Å². The highest BCUT2D eigenvalue weighted by molar-refractivity contribution is 14.0. The molecule has 0 radical (unpaired) electrons. The Hall–Kier alpha value is -2.63. The monoisotopic (exact) mass is 573 g/mol. The molecule has 1 heterocycles. The molecule has 0 saturated carbocycles. The van der Waals surface area contributed by atoms with Gasteiger partial charge in [-0.15, -0.1) is 24.0 Å². The molecule has 1 saturated heterocycles. The van der Waals surface area contributed by atoms with Crippen LogP contribution < -0.4 is 20.3 Å². The highest BCUT2D eigenvalue weighted by atomic mass is 127. The number of para-hydroxylation sites is 1. The molecular weight excluding hydrogens is 543 g/mol. The standard InChI is InChI=1S/C23H29F2N5O2.HI/c1-17-8-9-20(32-22(24)25)18(14-17)15-27-23(26-2)28-16-21(31)30-12-10-29(11-13-30)19-6-4-3-5-7-19;/h3-9,14,22H,10-13,15-16H2,1-2H3,(H2,26,27,28);1H. The van der Waals surface area contributed by atoms with Crippen LogP contribution >= 0.6 is 24.0 Å². The number of rotatable bonds is 7. The molecule has 1 amide bonds. The summed E-state index contributed by atoms with van der Waals surface area (Å²) in [4.78, 5) is 20.8. The third-order valence-corrected chi connectivity index (χ3v) is 5.26. The lowest BCUT2D eigenvalue weighted by molar-refractivity contribution is -0.130. The van der Waals surface area contributed by atoms with Gasteiger partial charge in [0, 0.05) is 51.0 Å². The van der Waals surface area contributed by atoms with E-state index in [1.807, 2.05) is 30.0 Å². The molecule has 180 valence electrons. The Balaban J connectivity index is 0.00000385. The van der Waals surface area contributed by atoms with Gasteiger partial charge in [0.2, 0.25) is 5.91 Å². The fraction of sp³-hybridized carbons (Fsp3) is 0.391. The first-order chi connectivity index (χ1) is 15.5. The van der Waals surface area contributed by atoms with Crippen molar-refractivity contribution in [1.29, 1.82) is 0 Å². The number of ether oxygens (including phenoxy) is 1. The largest absolute Gasteiger partial charge is 0.434 e. The summed E-state index contributed by atoms with van der Waals surface area (Å²) in [6, 6.07) is 15.2. The van der Waals surface area contributed by atoms with Crippen LogP contribution in [0.15, 0.2) is 53.5 Å². The number of nitrogens with one attached hydrogen (secondary N) is 2.